The molecule has 0 amide bonds. The molecule has 0 aliphatic rings. The molecular weight excluding hydrogens is 369 g/mol. The van der Waals surface area contributed by atoms with Crippen molar-refractivity contribution < 1.29 is 36.4 Å². The molecule has 0 fully saturated rings. The largest absolute Gasteiger partial charge is 0.545 e. The molecule has 0 aliphatic carbocycles. The highest BCUT2D eigenvalue weighted by atomic mass is 19.2. The van der Waals surface area contributed by atoms with Crippen molar-refractivity contribution in [1.29, 1.82) is 0 Å². The van der Waals surface area contributed by atoms with Gasteiger partial charge in [-0.3, -0.25) is 0 Å². The van der Waals surface area contributed by atoms with Gasteiger partial charge in [-0.2, -0.15) is 0 Å². The standard InChI is InChI=1S/C12H20N.C7HF5O2/c1-2-3-4-5-7-10-13-11-8-6-9-12-13;8-2-1(7(13)14)3(9)5(11)6(12)4(2)10/h6,8-9,11-12H,2-5,7,10H2,1H3;(H,13,14)/q+1;/p-1. The summed E-state index contributed by atoms with van der Waals surface area (Å²) in [6.45, 7) is 3.43. The van der Waals surface area contributed by atoms with Crippen LogP contribution in [0.3, 0.4) is 0 Å². The minimum Gasteiger partial charge on any atom is -0.545 e. The van der Waals surface area contributed by atoms with Crippen LogP contribution in [-0.4, -0.2) is 5.97 Å². The zero-order valence-corrected chi connectivity index (χ0v) is 14.8. The number of carbonyl (C=O) groups is 1. The minimum atomic E-state index is -2.47. The molecule has 0 radical (unpaired) electrons. The van der Waals surface area contributed by atoms with E-state index in [0.717, 1.165) is 0 Å². The van der Waals surface area contributed by atoms with Crippen LogP contribution in [0.2, 0.25) is 0 Å². The first-order chi connectivity index (χ1) is 12.8. The number of rotatable bonds is 7. The molecule has 0 saturated carbocycles. The van der Waals surface area contributed by atoms with Crippen molar-refractivity contribution >= 4 is 5.97 Å². The van der Waals surface area contributed by atoms with E-state index in [1.807, 2.05) is 0 Å². The van der Waals surface area contributed by atoms with E-state index >= 15 is 0 Å². The van der Waals surface area contributed by atoms with E-state index in [1.54, 1.807) is 0 Å². The average molecular weight is 389 g/mol. The summed E-state index contributed by atoms with van der Waals surface area (Å²) in [6, 6.07) is 6.24. The molecule has 2 rings (SSSR count). The number of benzene rings is 1. The van der Waals surface area contributed by atoms with E-state index in [-0.39, 0.29) is 0 Å². The zero-order chi connectivity index (χ0) is 20.4. The summed E-state index contributed by atoms with van der Waals surface area (Å²) in [6.07, 6.45) is 11.1. The average Bonchev–Trinajstić information content (AvgIpc) is 2.66. The molecule has 1 heterocycles. The number of aromatic nitrogens is 1. The van der Waals surface area contributed by atoms with E-state index < -0.39 is 40.6 Å². The Kier molecular flexibility index (Phi) is 9.39. The van der Waals surface area contributed by atoms with Crippen LogP contribution in [0.1, 0.15) is 49.4 Å². The quantitative estimate of drug-likeness (QED) is 0.238. The number of carbonyl (C=O) groups excluding carboxylic acids is 1. The number of hydrogen-bond donors (Lipinski definition) is 0. The monoisotopic (exact) mass is 389 g/mol. The molecule has 8 heteroatoms. The fourth-order valence-electron chi connectivity index (χ4n) is 2.27. The lowest BCUT2D eigenvalue weighted by molar-refractivity contribution is -0.697. The first kappa shape index (κ1) is 22.5. The fraction of sp³-hybridized carbons (Fsp3) is 0.368. The van der Waals surface area contributed by atoms with Crippen molar-refractivity contribution in [2.45, 2.75) is 45.6 Å². The van der Waals surface area contributed by atoms with Crippen LogP contribution in [0, 0.1) is 29.1 Å². The third-order valence-corrected chi connectivity index (χ3v) is 3.71. The molecular formula is C19H20F5NO2. The Labute approximate surface area is 154 Å². The van der Waals surface area contributed by atoms with Crippen LogP contribution >= 0.6 is 0 Å². The molecule has 0 atom stereocenters. The maximum atomic E-state index is 12.5. The summed E-state index contributed by atoms with van der Waals surface area (Å²) in [5, 5.41) is 10.0. The number of carboxylic acids is 1. The van der Waals surface area contributed by atoms with Crippen LogP contribution in [0.5, 0.6) is 0 Å². The predicted octanol–water partition coefficient (Wildman–Crippen LogP) is 3.69. The second kappa shape index (κ2) is 11.3. The summed E-state index contributed by atoms with van der Waals surface area (Å²) in [4.78, 5) is 10.0. The van der Waals surface area contributed by atoms with Gasteiger partial charge in [-0.1, -0.05) is 32.3 Å². The lowest BCUT2D eigenvalue weighted by atomic mass is 10.1. The van der Waals surface area contributed by atoms with Crippen LogP contribution in [-0.2, 0) is 6.54 Å². The molecule has 0 N–H and O–H groups in total. The predicted molar refractivity (Wildman–Crippen MR) is 86.0 cm³/mol. The SMILES string of the molecule is CCCCCCC[n+]1ccccc1.O=C([O-])c1c(F)c(F)c(F)c(F)c1F. The van der Waals surface area contributed by atoms with Crippen LogP contribution in [0.25, 0.3) is 0 Å². The van der Waals surface area contributed by atoms with Crippen molar-refractivity contribution in [3.05, 3.63) is 65.2 Å². The summed E-state index contributed by atoms with van der Waals surface area (Å²) in [7, 11) is 0. The Hall–Kier alpha value is -2.51. The summed E-state index contributed by atoms with van der Waals surface area (Å²) in [5.74, 6) is -14.4. The Morgan fingerprint density at radius 1 is 0.815 bits per heavy atom. The molecule has 27 heavy (non-hydrogen) atoms. The number of carboxylic acid groups (broad SMARTS) is 1. The minimum absolute atomic E-state index is 1.17. The number of aryl methyl sites for hydroxylation is 1. The summed E-state index contributed by atoms with van der Waals surface area (Å²) < 4.78 is 64.2. The van der Waals surface area contributed by atoms with Crippen molar-refractivity contribution in [2.75, 3.05) is 0 Å². The second-order valence-electron chi connectivity index (χ2n) is 5.76. The van der Waals surface area contributed by atoms with Crippen molar-refractivity contribution in [1.82, 2.24) is 0 Å². The highest BCUT2D eigenvalue weighted by Crippen LogP contribution is 2.22. The van der Waals surface area contributed by atoms with E-state index in [1.165, 1.54) is 38.6 Å². The number of unbranched alkanes of at least 4 members (excludes halogenated alkanes) is 4. The molecule has 1 aromatic carbocycles. The van der Waals surface area contributed by atoms with Gasteiger partial charge in [-0.25, -0.2) is 26.5 Å². The smallest absolute Gasteiger partial charge is 0.200 e. The number of nitrogens with zero attached hydrogens (tertiary/aromatic N) is 1. The van der Waals surface area contributed by atoms with Crippen molar-refractivity contribution in [3.8, 4) is 0 Å². The molecule has 0 spiro atoms. The van der Waals surface area contributed by atoms with Gasteiger partial charge in [-0.05, 0) is 6.42 Å². The molecule has 1 aromatic heterocycles. The molecule has 0 saturated heterocycles. The maximum absolute atomic E-state index is 12.5. The number of halogens is 5. The normalized spacial score (nSPS) is 10.3. The Bertz CT molecular complexity index is 725. The van der Waals surface area contributed by atoms with Crippen molar-refractivity contribution in [2.24, 2.45) is 0 Å². The van der Waals surface area contributed by atoms with Crippen LogP contribution < -0.4 is 9.67 Å². The highest BCUT2D eigenvalue weighted by molar-refractivity contribution is 5.86. The van der Waals surface area contributed by atoms with Gasteiger partial charge in [0.25, 0.3) is 0 Å². The van der Waals surface area contributed by atoms with E-state index in [9.17, 15) is 31.9 Å². The number of aromatic carboxylic acids is 1. The molecule has 0 unspecified atom stereocenters. The Morgan fingerprint density at radius 3 is 1.78 bits per heavy atom. The zero-order valence-electron chi connectivity index (χ0n) is 14.8. The number of pyridine rings is 1. The molecule has 0 aliphatic heterocycles. The second-order valence-corrected chi connectivity index (χ2v) is 5.76. The van der Waals surface area contributed by atoms with Gasteiger partial charge in [0.1, 0.15) is 6.54 Å². The van der Waals surface area contributed by atoms with Crippen LogP contribution in [0.4, 0.5) is 22.0 Å². The Balaban J connectivity index is 0.000000271. The highest BCUT2D eigenvalue weighted by Gasteiger charge is 2.25. The van der Waals surface area contributed by atoms with E-state index in [2.05, 4.69) is 42.1 Å². The van der Waals surface area contributed by atoms with Gasteiger partial charge in [0.15, 0.2) is 35.7 Å². The lowest BCUT2D eigenvalue weighted by Crippen LogP contribution is -2.32. The molecule has 2 aromatic rings. The van der Waals surface area contributed by atoms with Gasteiger partial charge in [0.2, 0.25) is 5.82 Å². The molecule has 0 bridgehead atoms. The third kappa shape index (κ3) is 6.62. The van der Waals surface area contributed by atoms with Crippen LogP contribution in [0.15, 0.2) is 30.6 Å². The third-order valence-electron chi connectivity index (χ3n) is 3.71. The molecule has 3 nitrogen and oxygen atoms in total. The first-order valence-electron chi connectivity index (χ1n) is 8.48. The van der Waals surface area contributed by atoms with Gasteiger partial charge in [0, 0.05) is 18.6 Å². The number of hydrogen-bond acceptors (Lipinski definition) is 2. The molecule has 148 valence electrons. The first-order valence-corrected chi connectivity index (χ1v) is 8.48. The topological polar surface area (TPSA) is 44.0 Å². The summed E-state index contributed by atoms with van der Waals surface area (Å²) in [5.41, 5.74) is -1.97. The van der Waals surface area contributed by atoms with Gasteiger partial charge in [0.05, 0.1) is 11.5 Å². The summed E-state index contributed by atoms with van der Waals surface area (Å²) >= 11 is 0. The fourth-order valence-corrected chi connectivity index (χ4v) is 2.27. The van der Waals surface area contributed by atoms with Gasteiger partial charge < -0.3 is 9.90 Å². The van der Waals surface area contributed by atoms with Crippen molar-refractivity contribution in [3.63, 3.8) is 0 Å². The van der Waals surface area contributed by atoms with E-state index in [4.69, 9.17) is 0 Å². The maximum Gasteiger partial charge on any atom is 0.200 e. The van der Waals surface area contributed by atoms with Gasteiger partial charge >= 0.3 is 0 Å². The van der Waals surface area contributed by atoms with E-state index in [0.29, 0.717) is 0 Å². The van der Waals surface area contributed by atoms with Gasteiger partial charge in [-0.15, -0.1) is 0 Å². The lowest BCUT2D eigenvalue weighted by Gasteiger charge is -2.07. The Morgan fingerprint density at radius 2 is 1.30 bits per heavy atom.